The molecule has 1 amide bonds. The van der Waals surface area contributed by atoms with E-state index in [4.69, 9.17) is 21.4 Å². The minimum atomic E-state index is -4.85. The fourth-order valence-electron chi connectivity index (χ4n) is 2.77. The number of amides is 1. The number of aromatic nitrogens is 2. The van der Waals surface area contributed by atoms with Crippen LogP contribution in [0.3, 0.4) is 0 Å². The third-order valence-electron chi connectivity index (χ3n) is 4.21. The third-order valence-corrected chi connectivity index (χ3v) is 5.43. The number of benzene rings is 2. The van der Waals surface area contributed by atoms with Crippen LogP contribution < -0.4 is 14.8 Å². The maximum absolute atomic E-state index is 12.7. The molecule has 33 heavy (non-hydrogen) atoms. The number of nitrogens with one attached hydrogen (secondary N) is 2. The Balaban J connectivity index is 1.89. The molecule has 0 saturated heterocycles. The molecule has 0 aliphatic carbocycles. The Labute approximate surface area is 200 Å². The molecule has 3 rings (SSSR count). The van der Waals surface area contributed by atoms with Crippen LogP contribution >= 0.6 is 27.5 Å². The maximum Gasteiger partial charge on any atom is 0.573 e. The monoisotopic (exact) mass is 547 g/mol. The molecule has 3 N–H and O–H groups in total. The molecular weight excluding hydrogens is 531 g/mol. The number of ether oxygens (including phenoxy) is 2. The van der Waals surface area contributed by atoms with Gasteiger partial charge in [-0.1, -0.05) is 45.7 Å². The number of aliphatic hydroxyl groups is 1. The molecule has 0 fully saturated rings. The van der Waals surface area contributed by atoms with E-state index in [1.54, 1.807) is 24.3 Å². The summed E-state index contributed by atoms with van der Waals surface area (Å²) in [5, 5.41) is 12.1. The summed E-state index contributed by atoms with van der Waals surface area (Å²) < 4.78 is 46.9. The second kappa shape index (κ2) is 10.9. The maximum atomic E-state index is 12.7. The smallest absolute Gasteiger partial charge is 0.426 e. The first-order chi connectivity index (χ1) is 15.7. The highest BCUT2D eigenvalue weighted by atomic mass is 79.9. The van der Waals surface area contributed by atoms with Crippen LogP contribution in [0.2, 0.25) is 5.02 Å². The van der Waals surface area contributed by atoms with Crippen LogP contribution in [-0.4, -0.2) is 40.5 Å². The Hall–Kier alpha value is -2.76. The molecule has 2 aromatic carbocycles. The predicted octanol–water partition coefficient (Wildman–Crippen LogP) is 5.35. The van der Waals surface area contributed by atoms with E-state index in [1.807, 2.05) is 0 Å². The molecule has 3 aromatic rings. The van der Waals surface area contributed by atoms with Gasteiger partial charge in [0.25, 0.3) is 11.9 Å². The van der Waals surface area contributed by atoms with Gasteiger partial charge in [-0.15, -0.1) is 13.2 Å². The van der Waals surface area contributed by atoms with Gasteiger partial charge in [-0.3, -0.25) is 4.79 Å². The second-order valence-corrected chi connectivity index (χ2v) is 8.03. The Morgan fingerprint density at radius 2 is 1.91 bits per heavy atom. The number of halogens is 5. The molecule has 1 heterocycles. The molecule has 0 aliphatic rings. The van der Waals surface area contributed by atoms with E-state index in [0.29, 0.717) is 11.4 Å². The molecule has 0 bridgehead atoms. The standard InChI is InChI=1S/C21H18BrClF3N3O4/c22-16(12-5-7-13(23)8-6-12)17-18(19(31)27-9-2-10-30)29-20(28-17)32-14-3-1-4-15(11-14)33-21(24,25)26/h1,3-8,11,16,30H,2,9-10H2,(H,27,31)(H,28,29). The molecule has 0 aliphatic heterocycles. The van der Waals surface area contributed by atoms with E-state index < -0.39 is 22.8 Å². The Morgan fingerprint density at radius 1 is 1.21 bits per heavy atom. The van der Waals surface area contributed by atoms with Gasteiger partial charge in [0.2, 0.25) is 0 Å². The SMILES string of the molecule is O=C(NCCCO)c1[nH]c(Oc2cccc(OC(F)(F)F)c2)nc1C(Br)c1ccc(Cl)cc1. The van der Waals surface area contributed by atoms with Crippen molar-refractivity contribution in [1.29, 1.82) is 0 Å². The van der Waals surface area contributed by atoms with Gasteiger partial charge >= 0.3 is 6.36 Å². The summed E-state index contributed by atoms with van der Waals surface area (Å²) in [6, 6.07) is 11.7. The number of nitrogens with zero attached hydrogens (tertiary/aromatic N) is 1. The van der Waals surface area contributed by atoms with Crippen LogP contribution in [0.15, 0.2) is 48.5 Å². The third kappa shape index (κ3) is 7.11. The van der Waals surface area contributed by atoms with Crippen LogP contribution in [0, 0.1) is 0 Å². The van der Waals surface area contributed by atoms with Gasteiger partial charge in [-0.2, -0.15) is 4.98 Å². The van der Waals surface area contributed by atoms with E-state index in [1.165, 1.54) is 12.1 Å². The van der Waals surface area contributed by atoms with Crippen molar-refractivity contribution in [2.75, 3.05) is 13.2 Å². The van der Waals surface area contributed by atoms with Crippen LogP contribution in [0.25, 0.3) is 0 Å². The van der Waals surface area contributed by atoms with E-state index in [-0.39, 0.29) is 36.3 Å². The fraction of sp³-hybridized carbons (Fsp3) is 0.238. The Bertz CT molecular complexity index is 1090. The number of H-pyrrole nitrogens is 1. The van der Waals surface area contributed by atoms with Crippen molar-refractivity contribution < 1.29 is 32.5 Å². The molecule has 0 radical (unpaired) electrons. The van der Waals surface area contributed by atoms with Crippen molar-refractivity contribution in [3.05, 3.63) is 70.5 Å². The lowest BCUT2D eigenvalue weighted by Crippen LogP contribution is -2.26. The lowest BCUT2D eigenvalue weighted by molar-refractivity contribution is -0.274. The van der Waals surface area contributed by atoms with Gasteiger partial charge in [0.15, 0.2) is 0 Å². The zero-order chi connectivity index (χ0) is 24.0. The molecule has 12 heteroatoms. The minimum absolute atomic E-state index is 0.0157. The van der Waals surface area contributed by atoms with Crippen molar-refractivity contribution in [3.8, 4) is 17.5 Å². The van der Waals surface area contributed by atoms with Crippen LogP contribution in [0.1, 0.15) is 33.0 Å². The highest BCUT2D eigenvalue weighted by Gasteiger charge is 2.31. The molecule has 1 aromatic heterocycles. The van der Waals surface area contributed by atoms with Gasteiger partial charge in [0.05, 0.1) is 10.5 Å². The number of aromatic amines is 1. The lowest BCUT2D eigenvalue weighted by Gasteiger charge is -2.10. The normalized spacial score (nSPS) is 12.3. The van der Waals surface area contributed by atoms with E-state index in [0.717, 1.165) is 17.7 Å². The number of rotatable bonds is 9. The molecule has 7 nitrogen and oxygen atoms in total. The average Bonchev–Trinajstić information content (AvgIpc) is 3.17. The van der Waals surface area contributed by atoms with Crippen molar-refractivity contribution in [3.63, 3.8) is 0 Å². The molecule has 0 saturated carbocycles. The van der Waals surface area contributed by atoms with Gasteiger partial charge < -0.3 is 24.9 Å². The van der Waals surface area contributed by atoms with Gasteiger partial charge in [-0.05, 0) is 36.2 Å². The largest absolute Gasteiger partial charge is 0.573 e. The zero-order valence-corrected chi connectivity index (χ0v) is 19.2. The molecule has 176 valence electrons. The number of imidazole rings is 1. The van der Waals surface area contributed by atoms with Crippen molar-refractivity contribution in [2.45, 2.75) is 17.6 Å². The lowest BCUT2D eigenvalue weighted by atomic mass is 10.1. The molecule has 0 spiro atoms. The number of carbonyl (C=O) groups is 1. The molecule has 1 unspecified atom stereocenters. The van der Waals surface area contributed by atoms with Crippen molar-refractivity contribution >= 4 is 33.4 Å². The van der Waals surface area contributed by atoms with E-state index in [9.17, 15) is 18.0 Å². The van der Waals surface area contributed by atoms with Gasteiger partial charge in [-0.25, -0.2) is 0 Å². The van der Waals surface area contributed by atoms with Crippen LogP contribution in [0.4, 0.5) is 13.2 Å². The number of hydrogen-bond acceptors (Lipinski definition) is 5. The molecule has 1 atom stereocenters. The summed E-state index contributed by atoms with van der Waals surface area (Å²) in [5.41, 5.74) is 1.13. The first kappa shape index (κ1) is 24.9. The summed E-state index contributed by atoms with van der Waals surface area (Å²) in [6.45, 7) is 0.140. The second-order valence-electron chi connectivity index (χ2n) is 6.67. The van der Waals surface area contributed by atoms with Gasteiger partial charge in [0.1, 0.15) is 17.2 Å². The summed E-state index contributed by atoms with van der Waals surface area (Å²) in [4.78, 5) is 19.3. The summed E-state index contributed by atoms with van der Waals surface area (Å²) in [7, 11) is 0. The zero-order valence-electron chi connectivity index (χ0n) is 16.8. The van der Waals surface area contributed by atoms with E-state index in [2.05, 4.69) is 36.0 Å². The number of carbonyl (C=O) groups excluding carboxylic acids is 1. The first-order valence-corrected chi connectivity index (χ1v) is 10.9. The van der Waals surface area contributed by atoms with Crippen LogP contribution in [0.5, 0.6) is 17.5 Å². The number of hydrogen-bond donors (Lipinski definition) is 3. The fourth-order valence-corrected chi connectivity index (χ4v) is 3.54. The van der Waals surface area contributed by atoms with Crippen molar-refractivity contribution in [1.82, 2.24) is 15.3 Å². The molecular formula is C21H18BrClF3N3O4. The highest BCUT2D eigenvalue weighted by Crippen LogP contribution is 2.35. The van der Waals surface area contributed by atoms with Crippen molar-refractivity contribution in [2.24, 2.45) is 0 Å². The Morgan fingerprint density at radius 3 is 2.58 bits per heavy atom. The van der Waals surface area contributed by atoms with Gasteiger partial charge in [0, 0.05) is 24.2 Å². The van der Waals surface area contributed by atoms with E-state index >= 15 is 0 Å². The predicted molar refractivity (Wildman–Crippen MR) is 118 cm³/mol. The minimum Gasteiger partial charge on any atom is -0.426 e. The summed E-state index contributed by atoms with van der Waals surface area (Å²) in [6.07, 6.45) is -4.49. The average molecular weight is 549 g/mol. The topological polar surface area (TPSA) is 96.5 Å². The first-order valence-electron chi connectivity index (χ1n) is 9.58. The number of alkyl halides is 4. The summed E-state index contributed by atoms with van der Waals surface area (Å²) in [5.74, 6) is -0.941. The quantitative estimate of drug-likeness (QED) is 0.247. The number of aliphatic hydroxyl groups excluding tert-OH is 1. The van der Waals surface area contributed by atoms with Crippen LogP contribution in [-0.2, 0) is 0 Å². The summed E-state index contributed by atoms with van der Waals surface area (Å²) >= 11 is 9.46. The highest BCUT2D eigenvalue weighted by molar-refractivity contribution is 9.09. The Kier molecular flexibility index (Phi) is 8.22.